The van der Waals surface area contributed by atoms with E-state index in [1.165, 1.54) is 7.11 Å². The predicted molar refractivity (Wildman–Crippen MR) is 103 cm³/mol. The first-order chi connectivity index (χ1) is 13.0. The van der Waals surface area contributed by atoms with Gasteiger partial charge in [-0.3, -0.25) is 9.59 Å². The van der Waals surface area contributed by atoms with Crippen LogP contribution in [0.5, 0.6) is 0 Å². The molecular formula is C21H22N2O4. The Balaban J connectivity index is 1.69. The summed E-state index contributed by atoms with van der Waals surface area (Å²) >= 11 is 0. The quantitative estimate of drug-likeness (QED) is 0.825. The molecule has 0 saturated carbocycles. The van der Waals surface area contributed by atoms with Crippen LogP contribution in [0, 0.1) is 6.92 Å². The fourth-order valence-electron chi connectivity index (χ4n) is 3.24. The number of rotatable bonds is 5. The van der Waals surface area contributed by atoms with Crippen LogP contribution in [0.15, 0.2) is 42.5 Å². The van der Waals surface area contributed by atoms with E-state index in [9.17, 15) is 14.4 Å². The predicted octanol–water partition coefficient (Wildman–Crippen LogP) is 3.09. The van der Waals surface area contributed by atoms with Crippen molar-refractivity contribution in [1.29, 1.82) is 0 Å². The monoisotopic (exact) mass is 366 g/mol. The molecule has 1 fully saturated rings. The van der Waals surface area contributed by atoms with Crippen molar-refractivity contribution < 1.29 is 19.1 Å². The smallest absolute Gasteiger partial charge is 0.340 e. The van der Waals surface area contributed by atoms with E-state index < -0.39 is 5.97 Å². The average Bonchev–Trinajstić information content (AvgIpc) is 3.08. The van der Waals surface area contributed by atoms with Crippen LogP contribution in [-0.4, -0.2) is 31.4 Å². The van der Waals surface area contributed by atoms with Gasteiger partial charge >= 0.3 is 5.97 Å². The van der Waals surface area contributed by atoms with E-state index in [1.54, 1.807) is 30.0 Å². The number of anilines is 2. The minimum atomic E-state index is -0.483. The third-order valence-corrected chi connectivity index (χ3v) is 4.62. The van der Waals surface area contributed by atoms with Crippen LogP contribution < -0.4 is 10.2 Å². The number of hydrogen-bond donors (Lipinski definition) is 1. The first-order valence-corrected chi connectivity index (χ1v) is 8.86. The lowest BCUT2D eigenvalue weighted by molar-refractivity contribution is -0.117. The number of carbonyl (C=O) groups excluding carboxylic acids is 3. The van der Waals surface area contributed by atoms with Gasteiger partial charge in [-0.1, -0.05) is 24.3 Å². The van der Waals surface area contributed by atoms with Crippen LogP contribution in [0.2, 0.25) is 0 Å². The molecule has 1 heterocycles. The number of nitrogens with one attached hydrogen (secondary N) is 1. The summed E-state index contributed by atoms with van der Waals surface area (Å²) in [6.07, 6.45) is 1.63. The molecule has 0 unspecified atom stereocenters. The van der Waals surface area contributed by atoms with Gasteiger partial charge in [0.05, 0.1) is 24.8 Å². The van der Waals surface area contributed by atoms with Gasteiger partial charge in [0.2, 0.25) is 11.8 Å². The zero-order chi connectivity index (χ0) is 19.4. The van der Waals surface area contributed by atoms with E-state index in [0.717, 1.165) is 29.8 Å². The fraction of sp³-hybridized carbons (Fsp3) is 0.286. The van der Waals surface area contributed by atoms with Gasteiger partial charge in [0.1, 0.15) is 0 Å². The summed E-state index contributed by atoms with van der Waals surface area (Å²) in [6.45, 7) is 2.53. The number of ether oxygens (including phenoxy) is 1. The van der Waals surface area contributed by atoms with Crippen molar-refractivity contribution in [2.75, 3.05) is 23.9 Å². The molecule has 6 heteroatoms. The molecule has 3 rings (SSSR count). The zero-order valence-corrected chi connectivity index (χ0v) is 15.5. The van der Waals surface area contributed by atoms with Crippen molar-refractivity contribution in [1.82, 2.24) is 0 Å². The van der Waals surface area contributed by atoms with Gasteiger partial charge in [0.15, 0.2) is 0 Å². The summed E-state index contributed by atoms with van der Waals surface area (Å²) in [5.41, 5.74) is 3.21. The van der Waals surface area contributed by atoms with Crippen LogP contribution in [0.1, 0.15) is 34.3 Å². The van der Waals surface area contributed by atoms with E-state index in [4.69, 9.17) is 4.74 Å². The fourth-order valence-corrected chi connectivity index (χ4v) is 3.24. The van der Waals surface area contributed by atoms with Crippen molar-refractivity contribution in [3.8, 4) is 0 Å². The maximum Gasteiger partial charge on any atom is 0.340 e. The van der Waals surface area contributed by atoms with Crippen LogP contribution >= 0.6 is 0 Å². The molecule has 1 aliphatic heterocycles. The molecule has 1 N–H and O–H groups in total. The maximum atomic E-state index is 12.4. The van der Waals surface area contributed by atoms with Crippen molar-refractivity contribution in [2.24, 2.45) is 0 Å². The molecule has 2 aromatic carbocycles. The van der Waals surface area contributed by atoms with Gasteiger partial charge in [0.25, 0.3) is 0 Å². The molecule has 6 nitrogen and oxygen atoms in total. The van der Waals surface area contributed by atoms with Crippen LogP contribution in [-0.2, 0) is 20.7 Å². The second-order valence-electron chi connectivity index (χ2n) is 6.53. The summed E-state index contributed by atoms with van der Waals surface area (Å²) in [5, 5.41) is 2.79. The van der Waals surface area contributed by atoms with Crippen LogP contribution in [0.25, 0.3) is 0 Å². The SMILES string of the molecule is COC(=O)c1c(C)cccc1NC(=O)Cc1ccc(N2CCCC2=O)cc1. The summed E-state index contributed by atoms with van der Waals surface area (Å²) in [4.78, 5) is 38.0. The van der Waals surface area contributed by atoms with E-state index >= 15 is 0 Å². The highest BCUT2D eigenvalue weighted by molar-refractivity contribution is 6.02. The molecule has 0 bridgehead atoms. The minimum Gasteiger partial charge on any atom is -0.465 e. The average molecular weight is 366 g/mol. The van der Waals surface area contributed by atoms with Crippen LogP contribution in [0.4, 0.5) is 11.4 Å². The largest absolute Gasteiger partial charge is 0.465 e. The minimum absolute atomic E-state index is 0.135. The lowest BCUT2D eigenvalue weighted by atomic mass is 10.1. The van der Waals surface area contributed by atoms with Crippen molar-refractivity contribution in [2.45, 2.75) is 26.2 Å². The molecule has 27 heavy (non-hydrogen) atoms. The van der Waals surface area contributed by atoms with Gasteiger partial charge in [-0.15, -0.1) is 0 Å². The van der Waals surface area contributed by atoms with Gasteiger partial charge < -0.3 is 15.0 Å². The van der Waals surface area contributed by atoms with Crippen molar-refractivity contribution in [3.63, 3.8) is 0 Å². The number of amides is 2. The summed E-state index contributed by atoms with van der Waals surface area (Å²) in [5.74, 6) is -0.575. The lowest BCUT2D eigenvalue weighted by Gasteiger charge is -2.16. The number of nitrogens with zero attached hydrogens (tertiary/aromatic N) is 1. The number of carbonyl (C=O) groups is 3. The molecule has 140 valence electrons. The summed E-state index contributed by atoms with van der Waals surface area (Å²) in [6, 6.07) is 12.7. The van der Waals surface area contributed by atoms with Crippen LogP contribution in [0.3, 0.4) is 0 Å². The number of aryl methyl sites for hydroxylation is 1. The molecule has 0 atom stereocenters. The van der Waals surface area contributed by atoms with E-state index in [0.29, 0.717) is 17.7 Å². The second-order valence-corrected chi connectivity index (χ2v) is 6.53. The summed E-state index contributed by atoms with van der Waals surface area (Å²) < 4.78 is 4.81. The molecule has 0 aromatic heterocycles. The Bertz CT molecular complexity index is 874. The second kappa shape index (κ2) is 8.03. The highest BCUT2D eigenvalue weighted by Gasteiger charge is 2.21. The number of esters is 1. The standard InChI is InChI=1S/C21H22N2O4/c1-14-5-3-6-17(20(14)21(26)27-2)22-18(24)13-15-8-10-16(11-9-15)23-12-4-7-19(23)25/h3,5-6,8-11H,4,7,12-13H2,1-2H3,(H,22,24). The van der Waals surface area contributed by atoms with Gasteiger partial charge in [0, 0.05) is 18.7 Å². The molecule has 1 saturated heterocycles. The van der Waals surface area contributed by atoms with Gasteiger partial charge in [-0.05, 0) is 42.7 Å². The molecule has 0 spiro atoms. The first-order valence-electron chi connectivity index (χ1n) is 8.86. The Morgan fingerprint density at radius 1 is 1.15 bits per heavy atom. The summed E-state index contributed by atoms with van der Waals surface area (Å²) in [7, 11) is 1.31. The third-order valence-electron chi connectivity index (χ3n) is 4.62. The Hall–Kier alpha value is -3.15. The topological polar surface area (TPSA) is 75.7 Å². The van der Waals surface area contributed by atoms with E-state index in [2.05, 4.69) is 5.32 Å². The van der Waals surface area contributed by atoms with Gasteiger partial charge in [-0.2, -0.15) is 0 Å². The Morgan fingerprint density at radius 3 is 2.52 bits per heavy atom. The molecule has 1 aliphatic rings. The number of hydrogen-bond acceptors (Lipinski definition) is 4. The molecule has 0 aliphatic carbocycles. The molecule has 0 radical (unpaired) electrons. The first kappa shape index (κ1) is 18.6. The van der Waals surface area contributed by atoms with E-state index in [-0.39, 0.29) is 18.2 Å². The van der Waals surface area contributed by atoms with Gasteiger partial charge in [-0.25, -0.2) is 4.79 Å². The number of benzene rings is 2. The Labute approximate surface area is 158 Å². The van der Waals surface area contributed by atoms with E-state index in [1.807, 2.05) is 24.3 Å². The van der Waals surface area contributed by atoms with Crippen molar-refractivity contribution >= 4 is 29.2 Å². The molecule has 2 aromatic rings. The molecule has 2 amide bonds. The third kappa shape index (κ3) is 4.16. The Kier molecular flexibility index (Phi) is 5.54. The maximum absolute atomic E-state index is 12.4. The molecular weight excluding hydrogens is 344 g/mol. The Morgan fingerprint density at radius 2 is 1.89 bits per heavy atom. The zero-order valence-electron chi connectivity index (χ0n) is 15.5. The normalized spacial score (nSPS) is 13.6. The lowest BCUT2D eigenvalue weighted by Crippen LogP contribution is -2.23. The van der Waals surface area contributed by atoms with Crippen molar-refractivity contribution in [3.05, 3.63) is 59.2 Å². The highest BCUT2D eigenvalue weighted by Crippen LogP contribution is 2.23. The highest BCUT2D eigenvalue weighted by atomic mass is 16.5. The number of methoxy groups -OCH3 is 1.